The molecule has 9 nitrogen and oxygen atoms in total. The number of aryl methyl sites for hydroxylation is 1. The van der Waals surface area contributed by atoms with Crippen LogP contribution in [0.3, 0.4) is 0 Å². The Labute approximate surface area is 201 Å². The molecule has 0 bridgehead atoms. The standard InChI is InChI=1S/C24H27N5O4S/c1-15-22-23(29(27-15)17-6-8-18(31-3)9-7-17)26-24(34-22)28(2)14-21(30)25-13-16-10-19(32-4)12-20(11-16)33-5/h6-12H,13-14H2,1-5H3,(H,25,30). The summed E-state index contributed by atoms with van der Waals surface area (Å²) in [7, 11) is 6.68. The van der Waals surface area contributed by atoms with Crippen molar-refractivity contribution in [2.75, 3.05) is 39.8 Å². The van der Waals surface area contributed by atoms with E-state index in [2.05, 4.69) is 10.4 Å². The smallest absolute Gasteiger partial charge is 0.239 e. The number of fused-ring (bicyclic) bond motifs is 1. The summed E-state index contributed by atoms with van der Waals surface area (Å²) in [6, 6.07) is 13.2. The Bertz CT molecular complexity index is 1280. The van der Waals surface area contributed by atoms with Gasteiger partial charge in [-0.3, -0.25) is 4.79 Å². The lowest BCUT2D eigenvalue weighted by Crippen LogP contribution is -2.34. The van der Waals surface area contributed by atoms with Gasteiger partial charge in [0, 0.05) is 19.7 Å². The Kier molecular flexibility index (Phi) is 6.87. The largest absolute Gasteiger partial charge is 0.497 e. The molecule has 0 atom stereocenters. The summed E-state index contributed by atoms with van der Waals surface area (Å²) in [5.74, 6) is 2.02. The maximum absolute atomic E-state index is 12.6. The van der Waals surface area contributed by atoms with E-state index in [0.29, 0.717) is 18.0 Å². The second-order valence-electron chi connectivity index (χ2n) is 7.70. The lowest BCUT2D eigenvalue weighted by Gasteiger charge is -2.15. The van der Waals surface area contributed by atoms with E-state index in [4.69, 9.17) is 19.2 Å². The van der Waals surface area contributed by atoms with Gasteiger partial charge < -0.3 is 24.4 Å². The summed E-state index contributed by atoms with van der Waals surface area (Å²) in [5, 5.41) is 8.32. The summed E-state index contributed by atoms with van der Waals surface area (Å²) in [5.41, 5.74) is 3.44. The molecule has 4 rings (SSSR count). The minimum atomic E-state index is -0.114. The number of carbonyl (C=O) groups excluding carboxylic acids is 1. The van der Waals surface area contributed by atoms with Crippen LogP contribution in [-0.2, 0) is 11.3 Å². The topological polar surface area (TPSA) is 90.7 Å². The SMILES string of the molecule is COc1ccc(-n2nc(C)c3sc(N(C)CC(=O)NCc4cc(OC)cc(OC)c4)nc32)cc1. The molecule has 1 N–H and O–H groups in total. The van der Waals surface area contributed by atoms with Crippen molar-refractivity contribution in [2.45, 2.75) is 13.5 Å². The second kappa shape index (κ2) is 10.0. The Balaban J connectivity index is 1.45. The molecule has 4 aromatic rings. The number of nitrogens with zero attached hydrogens (tertiary/aromatic N) is 4. The van der Waals surface area contributed by atoms with Crippen molar-refractivity contribution >= 4 is 32.7 Å². The summed E-state index contributed by atoms with van der Waals surface area (Å²) in [4.78, 5) is 19.2. The third-order valence-corrected chi connectivity index (χ3v) is 6.57. The molecule has 2 aromatic carbocycles. The number of methoxy groups -OCH3 is 3. The summed E-state index contributed by atoms with van der Waals surface area (Å²) in [6.07, 6.45) is 0. The van der Waals surface area contributed by atoms with E-state index in [1.807, 2.05) is 60.0 Å². The third-order valence-electron chi connectivity index (χ3n) is 5.30. The normalized spacial score (nSPS) is 10.9. The van der Waals surface area contributed by atoms with Crippen LogP contribution < -0.4 is 24.4 Å². The zero-order valence-corrected chi connectivity index (χ0v) is 20.6. The van der Waals surface area contributed by atoms with Gasteiger partial charge in [-0.25, -0.2) is 4.68 Å². The number of hydrogen-bond donors (Lipinski definition) is 1. The van der Waals surface area contributed by atoms with Crippen LogP contribution in [0.1, 0.15) is 11.3 Å². The third kappa shape index (κ3) is 4.91. The van der Waals surface area contributed by atoms with Crippen LogP contribution in [0.25, 0.3) is 16.0 Å². The molecule has 0 radical (unpaired) electrons. The summed E-state index contributed by atoms with van der Waals surface area (Å²) in [6.45, 7) is 2.50. The van der Waals surface area contributed by atoms with Crippen molar-refractivity contribution in [3.05, 3.63) is 53.7 Å². The second-order valence-corrected chi connectivity index (χ2v) is 8.68. The molecule has 1 amide bonds. The molecule has 10 heteroatoms. The van der Waals surface area contributed by atoms with Crippen LogP contribution in [0.2, 0.25) is 0 Å². The first-order valence-corrected chi connectivity index (χ1v) is 11.4. The highest BCUT2D eigenvalue weighted by Crippen LogP contribution is 2.32. The van der Waals surface area contributed by atoms with Crippen LogP contribution in [0.15, 0.2) is 42.5 Å². The maximum atomic E-state index is 12.6. The van der Waals surface area contributed by atoms with E-state index >= 15 is 0 Å². The number of nitrogens with one attached hydrogen (secondary N) is 1. The van der Waals surface area contributed by atoms with Crippen molar-refractivity contribution < 1.29 is 19.0 Å². The minimum Gasteiger partial charge on any atom is -0.497 e. The fraction of sp³-hybridized carbons (Fsp3) is 0.292. The highest BCUT2D eigenvalue weighted by Gasteiger charge is 2.18. The number of benzene rings is 2. The maximum Gasteiger partial charge on any atom is 0.239 e. The van der Waals surface area contributed by atoms with Gasteiger partial charge in [-0.2, -0.15) is 10.1 Å². The molecule has 2 aromatic heterocycles. The van der Waals surface area contributed by atoms with Gasteiger partial charge in [-0.05, 0) is 48.9 Å². The summed E-state index contributed by atoms with van der Waals surface area (Å²) < 4.78 is 18.6. The van der Waals surface area contributed by atoms with Crippen LogP contribution in [0.5, 0.6) is 17.2 Å². The summed E-state index contributed by atoms with van der Waals surface area (Å²) >= 11 is 1.52. The number of ether oxygens (including phenoxy) is 3. The van der Waals surface area contributed by atoms with Gasteiger partial charge in [0.05, 0.1) is 44.0 Å². The first-order chi connectivity index (χ1) is 16.4. The Hall–Kier alpha value is -3.79. The average Bonchev–Trinajstić information content (AvgIpc) is 3.43. The van der Waals surface area contributed by atoms with E-state index in [1.165, 1.54) is 11.3 Å². The van der Waals surface area contributed by atoms with E-state index in [1.54, 1.807) is 27.4 Å². The number of carbonyl (C=O) groups is 1. The highest BCUT2D eigenvalue weighted by atomic mass is 32.1. The van der Waals surface area contributed by atoms with Crippen LogP contribution >= 0.6 is 11.3 Å². The predicted octanol–water partition coefficient (Wildman–Crippen LogP) is 3.57. The molecule has 0 fully saturated rings. The van der Waals surface area contributed by atoms with Gasteiger partial charge in [0.25, 0.3) is 0 Å². The van der Waals surface area contributed by atoms with Gasteiger partial charge in [-0.1, -0.05) is 11.3 Å². The van der Waals surface area contributed by atoms with Crippen molar-refractivity contribution in [2.24, 2.45) is 0 Å². The van der Waals surface area contributed by atoms with Gasteiger partial charge in [0.2, 0.25) is 5.91 Å². The zero-order valence-electron chi connectivity index (χ0n) is 19.8. The Morgan fingerprint density at radius 3 is 2.29 bits per heavy atom. The van der Waals surface area contributed by atoms with Crippen LogP contribution in [-0.4, -0.2) is 55.6 Å². The Morgan fingerprint density at radius 2 is 1.68 bits per heavy atom. The molecule has 0 saturated heterocycles. The van der Waals surface area contributed by atoms with Crippen LogP contribution in [0.4, 0.5) is 5.13 Å². The number of hydrogen-bond acceptors (Lipinski definition) is 8. The van der Waals surface area contributed by atoms with Crippen molar-refractivity contribution in [1.29, 1.82) is 0 Å². The monoisotopic (exact) mass is 481 g/mol. The molecule has 0 saturated carbocycles. The van der Waals surface area contributed by atoms with Crippen molar-refractivity contribution in [1.82, 2.24) is 20.1 Å². The molecule has 178 valence electrons. The van der Waals surface area contributed by atoms with E-state index in [-0.39, 0.29) is 12.5 Å². The van der Waals surface area contributed by atoms with Crippen molar-refractivity contribution in [3.8, 4) is 22.9 Å². The number of anilines is 1. The average molecular weight is 482 g/mol. The van der Waals surface area contributed by atoms with Gasteiger partial charge >= 0.3 is 0 Å². The van der Waals surface area contributed by atoms with Gasteiger partial charge in [0.15, 0.2) is 10.8 Å². The zero-order chi connectivity index (χ0) is 24.2. The quantitative estimate of drug-likeness (QED) is 0.391. The van der Waals surface area contributed by atoms with Crippen LogP contribution in [0, 0.1) is 6.92 Å². The minimum absolute atomic E-state index is 0.114. The molecule has 0 aliphatic carbocycles. The number of aromatic nitrogens is 3. The fourth-order valence-corrected chi connectivity index (χ4v) is 4.44. The lowest BCUT2D eigenvalue weighted by atomic mass is 10.2. The molecule has 0 aliphatic rings. The van der Waals surface area contributed by atoms with E-state index in [9.17, 15) is 4.79 Å². The van der Waals surface area contributed by atoms with Gasteiger partial charge in [-0.15, -0.1) is 0 Å². The first-order valence-electron chi connectivity index (χ1n) is 10.6. The molecule has 34 heavy (non-hydrogen) atoms. The van der Waals surface area contributed by atoms with E-state index < -0.39 is 0 Å². The van der Waals surface area contributed by atoms with Crippen molar-refractivity contribution in [3.63, 3.8) is 0 Å². The van der Waals surface area contributed by atoms with E-state index in [0.717, 1.165) is 38.2 Å². The molecular formula is C24H27N5O4S. The molecular weight excluding hydrogens is 454 g/mol. The lowest BCUT2D eigenvalue weighted by molar-refractivity contribution is -0.119. The number of rotatable bonds is 9. The molecule has 2 heterocycles. The van der Waals surface area contributed by atoms with Gasteiger partial charge in [0.1, 0.15) is 17.2 Å². The number of thiazole rings is 1. The molecule has 0 unspecified atom stereocenters. The molecule has 0 spiro atoms. The predicted molar refractivity (Wildman–Crippen MR) is 133 cm³/mol. The highest BCUT2D eigenvalue weighted by molar-refractivity contribution is 7.22. The number of amides is 1. The Morgan fingerprint density at radius 1 is 1.03 bits per heavy atom. The fourth-order valence-electron chi connectivity index (χ4n) is 3.50. The molecule has 0 aliphatic heterocycles. The number of likely N-dealkylation sites (N-methyl/N-ethyl adjacent to an activating group) is 1. The first kappa shape index (κ1) is 23.4.